The highest BCUT2D eigenvalue weighted by molar-refractivity contribution is 8.15. The average molecular weight is 548 g/mol. The number of nitrogens with two attached hydrogens (primary N) is 1. The highest BCUT2D eigenvalue weighted by atomic mass is 32.2. The lowest BCUT2D eigenvalue weighted by atomic mass is 10.0. The van der Waals surface area contributed by atoms with Crippen LogP contribution in [0, 0.1) is 0 Å². The topological polar surface area (TPSA) is 80.2 Å². The van der Waals surface area contributed by atoms with Gasteiger partial charge < -0.3 is 15.6 Å². The van der Waals surface area contributed by atoms with Crippen molar-refractivity contribution in [3.05, 3.63) is 64.7 Å². The van der Waals surface area contributed by atoms with Crippen LogP contribution in [0.4, 0.5) is 26.3 Å². The molecule has 0 radical (unpaired) electrons. The molecule has 0 saturated carbocycles. The Labute approximate surface area is 214 Å². The zero-order chi connectivity index (χ0) is 27.1. The summed E-state index contributed by atoms with van der Waals surface area (Å²) >= 11 is 1.19. The number of unbranched alkanes of at least 4 members (excludes halogenated alkanes) is 3. The van der Waals surface area contributed by atoms with Gasteiger partial charge in [-0.1, -0.05) is 36.7 Å². The van der Waals surface area contributed by atoms with Gasteiger partial charge in [0, 0.05) is 11.3 Å². The lowest BCUT2D eigenvalue weighted by Crippen LogP contribution is -2.36. The molecular formula is C25H27F6N3O2S. The van der Waals surface area contributed by atoms with E-state index >= 15 is 0 Å². The first-order chi connectivity index (χ1) is 17.5. The van der Waals surface area contributed by atoms with Crippen LogP contribution in [0.15, 0.2) is 52.7 Å². The van der Waals surface area contributed by atoms with Gasteiger partial charge in [0.15, 0.2) is 0 Å². The third-order valence-corrected chi connectivity index (χ3v) is 6.71. The second-order valence-electron chi connectivity index (χ2n) is 8.49. The smallest absolute Gasteiger partial charge is 0.419 e. The molecule has 37 heavy (non-hydrogen) atoms. The van der Waals surface area contributed by atoms with Gasteiger partial charge in [0.25, 0.3) is 0 Å². The molecule has 1 heterocycles. The molecule has 0 aliphatic carbocycles. The molecule has 2 aromatic carbocycles. The van der Waals surface area contributed by atoms with Gasteiger partial charge in [0.1, 0.15) is 10.8 Å². The molecular weight excluding hydrogens is 520 g/mol. The number of aryl methyl sites for hydroxylation is 1. The Hall–Kier alpha value is -2.57. The van der Waals surface area contributed by atoms with Crippen LogP contribution in [0.25, 0.3) is 0 Å². The Kier molecular flexibility index (Phi) is 10.0. The zero-order valence-electron chi connectivity index (χ0n) is 19.8. The maximum atomic E-state index is 13.7. The summed E-state index contributed by atoms with van der Waals surface area (Å²) in [6.07, 6.45) is -5.59. The Morgan fingerprint density at radius 3 is 2.22 bits per heavy atom. The fourth-order valence-corrected chi connectivity index (χ4v) is 4.52. The molecule has 0 bridgehead atoms. The Morgan fingerprint density at radius 1 is 0.919 bits per heavy atom. The van der Waals surface area contributed by atoms with Crippen molar-refractivity contribution in [1.29, 1.82) is 0 Å². The minimum atomic E-state index is -4.62. The number of thioether (sulfide) groups is 1. The summed E-state index contributed by atoms with van der Waals surface area (Å²) in [5.41, 5.74) is 5.64. The fraction of sp³-hybridized carbons (Fsp3) is 0.440. The first-order valence-corrected chi connectivity index (χ1v) is 12.6. The molecule has 1 aliphatic heterocycles. The summed E-state index contributed by atoms with van der Waals surface area (Å²) in [6, 6.07) is 8.12. The number of halogens is 6. The van der Waals surface area contributed by atoms with Crippen LogP contribution in [0.1, 0.15) is 47.9 Å². The number of ether oxygens (including phenoxy) is 1. The summed E-state index contributed by atoms with van der Waals surface area (Å²) in [6.45, 7) is -0.196. The van der Waals surface area contributed by atoms with Crippen molar-refractivity contribution in [3.63, 3.8) is 0 Å². The van der Waals surface area contributed by atoms with Gasteiger partial charge in [-0.25, -0.2) is 0 Å². The van der Waals surface area contributed by atoms with Crippen molar-refractivity contribution in [1.82, 2.24) is 0 Å². The fourth-order valence-electron chi connectivity index (χ4n) is 3.57. The van der Waals surface area contributed by atoms with Gasteiger partial charge in [0.2, 0.25) is 0 Å². The molecule has 0 fully saturated rings. The second kappa shape index (κ2) is 12.8. The predicted molar refractivity (Wildman–Crippen MR) is 132 cm³/mol. The van der Waals surface area contributed by atoms with Gasteiger partial charge in [-0.05, 0) is 55.2 Å². The van der Waals surface area contributed by atoms with Gasteiger partial charge in [-0.2, -0.15) is 31.4 Å². The van der Waals surface area contributed by atoms with E-state index in [0.717, 1.165) is 36.6 Å². The summed E-state index contributed by atoms with van der Waals surface area (Å²) in [7, 11) is 0. The van der Waals surface area contributed by atoms with Crippen molar-refractivity contribution < 1.29 is 36.2 Å². The number of nitrogens with zero attached hydrogens (tertiary/aromatic N) is 2. The van der Waals surface area contributed by atoms with E-state index in [0.29, 0.717) is 35.8 Å². The SMILES string of the molecule is NC(CO)C1=NN=C(c2ccc(OCCCCCCc3ccc(C(F)(F)F)cc3)c(C(F)(F)F)c2)SC1. The predicted octanol–water partition coefficient (Wildman–Crippen LogP) is 6.08. The minimum absolute atomic E-state index is 0.102. The molecule has 1 aliphatic rings. The first-order valence-electron chi connectivity index (χ1n) is 11.6. The lowest BCUT2D eigenvalue weighted by molar-refractivity contribution is -0.139. The van der Waals surface area contributed by atoms with Gasteiger partial charge >= 0.3 is 12.4 Å². The molecule has 0 spiro atoms. The highest BCUT2D eigenvalue weighted by Gasteiger charge is 2.35. The maximum Gasteiger partial charge on any atom is 0.419 e. The number of aliphatic hydroxyl groups excluding tert-OH is 1. The number of alkyl halides is 6. The van der Waals surface area contributed by atoms with Crippen molar-refractivity contribution >= 4 is 22.5 Å². The quantitative estimate of drug-likeness (QED) is 0.264. The van der Waals surface area contributed by atoms with E-state index in [9.17, 15) is 26.3 Å². The summed E-state index contributed by atoms with van der Waals surface area (Å²) in [4.78, 5) is 0. The molecule has 3 rings (SSSR count). The lowest BCUT2D eigenvalue weighted by Gasteiger charge is -2.18. The van der Waals surface area contributed by atoms with E-state index in [2.05, 4.69) is 10.2 Å². The molecule has 2 aromatic rings. The normalized spacial score (nSPS) is 15.2. The van der Waals surface area contributed by atoms with Crippen molar-refractivity contribution in [2.75, 3.05) is 19.0 Å². The molecule has 1 unspecified atom stereocenters. The van der Waals surface area contributed by atoms with Crippen LogP contribution in [0.5, 0.6) is 5.75 Å². The van der Waals surface area contributed by atoms with Crippen molar-refractivity contribution in [2.45, 2.75) is 50.5 Å². The second-order valence-corrected chi connectivity index (χ2v) is 9.45. The van der Waals surface area contributed by atoms with Gasteiger partial charge in [-0.3, -0.25) is 0 Å². The van der Waals surface area contributed by atoms with Crippen molar-refractivity contribution in [3.8, 4) is 5.75 Å². The van der Waals surface area contributed by atoms with Crippen LogP contribution in [-0.4, -0.2) is 40.9 Å². The van der Waals surface area contributed by atoms with Gasteiger partial charge in [-0.15, -0.1) is 5.10 Å². The third kappa shape index (κ3) is 8.47. The molecule has 0 amide bonds. The van der Waals surface area contributed by atoms with Crippen LogP contribution < -0.4 is 10.5 Å². The first kappa shape index (κ1) is 29.0. The van der Waals surface area contributed by atoms with Crippen LogP contribution >= 0.6 is 11.8 Å². The third-order valence-electron chi connectivity index (χ3n) is 5.68. The van der Waals surface area contributed by atoms with E-state index in [1.54, 1.807) is 0 Å². The van der Waals surface area contributed by atoms with E-state index in [1.807, 2.05) is 0 Å². The average Bonchev–Trinajstić information content (AvgIpc) is 2.87. The molecule has 202 valence electrons. The molecule has 1 atom stereocenters. The monoisotopic (exact) mass is 547 g/mol. The summed E-state index contributed by atoms with van der Waals surface area (Å²) in [5, 5.41) is 17.3. The number of aliphatic hydroxyl groups is 1. The minimum Gasteiger partial charge on any atom is -0.493 e. The number of hydrogen-bond donors (Lipinski definition) is 2. The van der Waals surface area contributed by atoms with Crippen LogP contribution in [-0.2, 0) is 18.8 Å². The zero-order valence-corrected chi connectivity index (χ0v) is 20.6. The standard InChI is InChI=1S/C25H27F6N3O2S/c26-24(27,28)18-9-6-16(7-10-18)5-3-1-2-4-12-36-22-11-8-17(13-19(22)25(29,30)31)23-34-33-21(15-37-23)20(32)14-35/h6-11,13,20,35H,1-5,12,14-15,32H2. The number of benzene rings is 2. The summed E-state index contributed by atoms with van der Waals surface area (Å²) in [5.74, 6) is 0.0490. The Bertz CT molecular complexity index is 1100. The van der Waals surface area contributed by atoms with E-state index in [-0.39, 0.29) is 24.5 Å². The Balaban J connectivity index is 1.49. The van der Waals surface area contributed by atoms with Crippen molar-refractivity contribution in [2.24, 2.45) is 15.9 Å². The molecule has 3 N–H and O–H groups in total. The Morgan fingerprint density at radius 2 is 1.62 bits per heavy atom. The van der Waals surface area contributed by atoms with Crippen LogP contribution in [0.3, 0.4) is 0 Å². The van der Waals surface area contributed by atoms with E-state index in [4.69, 9.17) is 15.6 Å². The van der Waals surface area contributed by atoms with E-state index in [1.165, 1.54) is 36.0 Å². The maximum absolute atomic E-state index is 13.7. The molecule has 5 nitrogen and oxygen atoms in total. The van der Waals surface area contributed by atoms with E-state index < -0.39 is 29.5 Å². The number of rotatable bonds is 11. The van der Waals surface area contributed by atoms with Crippen LogP contribution in [0.2, 0.25) is 0 Å². The number of hydrogen-bond acceptors (Lipinski definition) is 6. The molecule has 0 saturated heterocycles. The highest BCUT2D eigenvalue weighted by Crippen LogP contribution is 2.38. The van der Waals surface area contributed by atoms with Gasteiger partial charge in [0.05, 0.1) is 36.1 Å². The molecule has 0 aromatic heterocycles. The summed E-state index contributed by atoms with van der Waals surface area (Å²) < 4.78 is 84.3. The molecule has 12 heteroatoms. The largest absolute Gasteiger partial charge is 0.493 e.